The molecule has 1 aliphatic heterocycles. The van der Waals surface area contributed by atoms with Crippen LogP contribution < -0.4 is 10.6 Å². The minimum Gasteiger partial charge on any atom is -0.381 e. The van der Waals surface area contributed by atoms with Crippen LogP contribution in [0.4, 0.5) is 0 Å². The van der Waals surface area contributed by atoms with Crippen LogP contribution >= 0.6 is 0 Å². The minimum atomic E-state index is 0.600. The van der Waals surface area contributed by atoms with E-state index < -0.39 is 0 Å². The van der Waals surface area contributed by atoms with E-state index in [-0.39, 0.29) is 0 Å². The first kappa shape index (κ1) is 19.2. The average Bonchev–Trinajstić information content (AvgIpc) is 3.06. The Morgan fingerprint density at radius 3 is 2.68 bits per heavy atom. The molecule has 6 heteroatoms. The predicted octanol–water partition coefficient (Wildman–Crippen LogP) is 0.936. The molecule has 1 atom stereocenters. The van der Waals surface area contributed by atoms with Crippen molar-refractivity contribution in [3.05, 3.63) is 0 Å². The Balaban J connectivity index is 1.96. The van der Waals surface area contributed by atoms with Gasteiger partial charge in [0.1, 0.15) is 0 Å². The van der Waals surface area contributed by atoms with Gasteiger partial charge < -0.3 is 25.0 Å². The van der Waals surface area contributed by atoms with Crippen molar-refractivity contribution in [3.63, 3.8) is 0 Å². The summed E-state index contributed by atoms with van der Waals surface area (Å²) < 4.78 is 11.0. The summed E-state index contributed by atoms with van der Waals surface area (Å²) in [6.07, 6.45) is 2.13. The van der Waals surface area contributed by atoms with E-state index in [0.29, 0.717) is 5.92 Å². The molecule has 1 saturated heterocycles. The molecule has 0 spiro atoms. The molecule has 1 aliphatic rings. The summed E-state index contributed by atoms with van der Waals surface area (Å²) in [6.45, 7) is 12.8. The summed E-state index contributed by atoms with van der Waals surface area (Å²) in [5, 5.41) is 6.67. The second kappa shape index (κ2) is 12.7. The molecule has 0 aromatic carbocycles. The van der Waals surface area contributed by atoms with Gasteiger partial charge in [-0.15, -0.1) is 0 Å². The van der Waals surface area contributed by atoms with Crippen LogP contribution in [0.2, 0.25) is 0 Å². The molecule has 1 fully saturated rings. The Bertz CT molecular complexity index is 290. The number of likely N-dealkylation sites (N-methyl/N-ethyl adjacent to an activating group) is 1. The number of nitrogens with zero attached hydrogens (tertiary/aromatic N) is 2. The van der Waals surface area contributed by atoms with E-state index in [1.807, 2.05) is 7.05 Å². The van der Waals surface area contributed by atoms with Crippen molar-refractivity contribution in [2.24, 2.45) is 10.9 Å². The number of nitrogens with one attached hydrogen (secondary N) is 2. The van der Waals surface area contributed by atoms with Crippen LogP contribution in [0.15, 0.2) is 4.99 Å². The van der Waals surface area contributed by atoms with E-state index >= 15 is 0 Å². The van der Waals surface area contributed by atoms with E-state index in [4.69, 9.17) is 9.47 Å². The lowest BCUT2D eigenvalue weighted by atomic mass is 10.1. The number of guanidine groups is 1. The molecule has 1 rings (SSSR count). The zero-order valence-corrected chi connectivity index (χ0v) is 14.6. The standard InChI is InChI=1S/C16H34N4O2/c1-4-20(5-2)10-9-19-16(17-3)18-8-6-11-21-13-15-7-12-22-14-15/h15H,4-14H2,1-3H3,(H2,17,18,19). The highest BCUT2D eigenvalue weighted by molar-refractivity contribution is 5.79. The van der Waals surface area contributed by atoms with Crippen molar-refractivity contribution >= 4 is 5.96 Å². The summed E-state index contributed by atoms with van der Waals surface area (Å²) in [4.78, 5) is 6.63. The average molecular weight is 314 g/mol. The van der Waals surface area contributed by atoms with Crippen LogP contribution in [0.3, 0.4) is 0 Å². The maximum atomic E-state index is 5.69. The van der Waals surface area contributed by atoms with E-state index in [1.165, 1.54) is 0 Å². The summed E-state index contributed by atoms with van der Waals surface area (Å²) in [6, 6.07) is 0. The highest BCUT2D eigenvalue weighted by Gasteiger charge is 2.15. The molecule has 6 nitrogen and oxygen atoms in total. The third-order valence-electron chi connectivity index (χ3n) is 3.97. The maximum Gasteiger partial charge on any atom is 0.191 e. The molecule has 0 amide bonds. The molecule has 0 bridgehead atoms. The second-order valence-corrected chi connectivity index (χ2v) is 5.61. The van der Waals surface area contributed by atoms with Crippen molar-refractivity contribution in [1.82, 2.24) is 15.5 Å². The number of hydrogen-bond acceptors (Lipinski definition) is 4. The van der Waals surface area contributed by atoms with E-state index in [9.17, 15) is 0 Å². The van der Waals surface area contributed by atoms with Gasteiger partial charge >= 0.3 is 0 Å². The molecule has 130 valence electrons. The van der Waals surface area contributed by atoms with Gasteiger partial charge in [0.25, 0.3) is 0 Å². The van der Waals surface area contributed by atoms with E-state index in [2.05, 4.69) is 34.4 Å². The Morgan fingerprint density at radius 1 is 1.27 bits per heavy atom. The summed E-state index contributed by atoms with van der Waals surface area (Å²) in [5.74, 6) is 1.47. The van der Waals surface area contributed by atoms with Gasteiger partial charge in [0.05, 0.1) is 13.2 Å². The van der Waals surface area contributed by atoms with Crippen molar-refractivity contribution in [2.45, 2.75) is 26.7 Å². The van der Waals surface area contributed by atoms with Gasteiger partial charge in [0.2, 0.25) is 0 Å². The zero-order valence-electron chi connectivity index (χ0n) is 14.6. The SMILES string of the molecule is CCN(CC)CCNC(=NC)NCCCOCC1CCOC1. The fourth-order valence-corrected chi connectivity index (χ4v) is 2.44. The lowest BCUT2D eigenvalue weighted by Gasteiger charge is -2.19. The lowest BCUT2D eigenvalue weighted by Crippen LogP contribution is -2.42. The van der Waals surface area contributed by atoms with Crippen LogP contribution in [0, 0.1) is 5.92 Å². The van der Waals surface area contributed by atoms with Gasteiger partial charge in [0.15, 0.2) is 5.96 Å². The predicted molar refractivity (Wildman–Crippen MR) is 91.5 cm³/mol. The first-order valence-corrected chi connectivity index (χ1v) is 8.62. The summed E-state index contributed by atoms with van der Waals surface area (Å²) >= 11 is 0. The number of rotatable bonds is 11. The molecule has 0 aromatic rings. The molecule has 0 radical (unpaired) electrons. The molecule has 22 heavy (non-hydrogen) atoms. The molecule has 2 N–H and O–H groups in total. The molecule has 1 heterocycles. The molecule has 0 aliphatic carbocycles. The second-order valence-electron chi connectivity index (χ2n) is 5.61. The molecule has 0 aromatic heterocycles. The minimum absolute atomic E-state index is 0.600. The zero-order chi connectivity index (χ0) is 16.0. The van der Waals surface area contributed by atoms with Crippen LogP contribution in [0.5, 0.6) is 0 Å². The first-order valence-electron chi connectivity index (χ1n) is 8.62. The largest absolute Gasteiger partial charge is 0.381 e. The quantitative estimate of drug-likeness (QED) is 0.338. The molecule has 0 saturated carbocycles. The monoisotopic (exact) mass is 314 g/mol. The first-order chi connectivity index (χ1) is 10.8. The summed E-state index contributed by atoms with van der Waals surface area (Å²) in [7, 11) is 1.81. The smallest absolute Gasteiger partial charge is 0.191 e. The highest BCUT2D eigenvalue weighted by atomic mass is 16.5. The van der Waals surface area contributed by atoms with E-state index in [0.717, 1.165) is 78.0 Å². The number of hydrogen-bond donors (Lipinski definition) is 2. The molecular formula is C16H34N4O2. The van der Waals surface area contributed by atoms with Crippen LogP contribution in [0.1, 0.15) is 26.7 Å². The Kier molecular flexibility index (Phi) is 11.1. The Hall–Kier alpha value is -0.850. The number of aliphatic imine (C=N–C) groups is 1. The van der Waals surface area contributed by atoms with Crippen LogP contribution in [-0.2, 0) is 9.47 Å². The van der Waals surface area contributed by atoms with Crippen LogP contribution in [-0.4, -0.2) is 77.1 Å². The third-order valence-corrected chi connectivity index (χ3v) is 3.97. The fourth-order valence-electron chi connectivity index (χ4n) is 2.44. The summed E-state index contributed by atoms with van der Waals surface area (Å²) in [5.41, 5.74) is 0. The van der Waals surface area contributed by atoms with Crippen LogP contribution in [0.25, 0.3) is 0 Å². The van der Waals surface area contributed by atoms with Gasteiger partial charge in [-0.3, -0.25) is 4.99 Å². The van der Waals surface area contributed by atoms with Crippen molar-refractivity contribution in [1.29, 1.82) is 0 Å². The maximum absolute atomic E-state index is 5.69. The van der Waals surface area contributed by atoms with Gasteiger partial charge in [-0.1, -0.05) is 13.8 Å². The number of ether oxygens (including phenoxy) is 2. The Morgan fingerprint density at radius 2 is 2.05 bits per heavy atom. The van der Waals surface area contributed by atoms with Gasteiger partial charge in [-0.2, -0.15) is 0 Å². The van der Waals surface area contributed by atoms with Crippen molar-refractivity contribution < 1.29 is 9.47 Å². The van der Waals surface area contributed by atoms with Crippen molar-refractivity contribution in [3.8, 4) is 0 Å². The molecular weight excluding hydrogens is 280 g/mol. The topological polar surface area (TPSA) is 58.1 Å². The Labute approximate surface area is 135 Å². The van der Waals surface area contributed by atoms with Gasteiger partial charge in [-0.05, 0) is 25.9 Å². The molecule has 1 unspecified atom stereocenters. The lowest BCUT2D eigenvalue weighted by molar-refractivity contribution is 0.0888. The van der Waals surface area contributed by atoms with Crippen molar-refractivity contribution in [2.75, 3.05) is 66.2 Å². The third kappa shape index (κ3) is 8.56. The van der Waals surface area contributed by atoms with Gasteiger partial charge in [-0.25, -0.2) is 0 Å². The highest BCUT2D eigenvalue weighted by Crippen LogP contribution is 2.12. The normalized spacial score (nSPS) is 18.9. The van der Waals surface area contributed by atoms with Gasteiger partial charge in [0, 0.05) is 45.8 Å². The van der Waals surface area contributed by atoms with E-state index in [1.54, 1.807) is 0 Å². The fraction of sp³-hybridized carbons (Fsp3) is 0.938.